The first-order valence-corrected chi connectivity index (χ1v) is 30.9. The zero-order valence-electron chi connectivity index (χ0n) is 49.3. The molecule has 0 amide bonds. The third-order valence-electron chi connectivity index (χ3n) is 13.3. The Hall–Kier alpha value is -4.62. The number of carbonyl (C=O) groups excluding carboxylic acids is 3. The number of aliphatic hydroxyl groups is 2. The zero-order valence-corrected chi connectivity index (χ0v) is 49.3. The molecule has 0 radical (unpaired) electrons. The summed E-state index contributed by atoms with van der Waals surface area (Å²) in [6, 6.07) is 0. The Kier molecular flexibility index (Phi) is 49.5. The molecular weight excluding hydrogens is 997 g/mol. The summed E-state index contributed by atoms with van der Waals surface area (Å²) in [6.45, 7) is 5.73. The second kappa shape index (κ2) is 54.0. The molecule has 12 heteroatoms. The highest BCUT2D eigenvalue weighted by Gasteiger charge is 2.50. The Bertz CT molecular complexity index is 1790. The van der Waals surface area contributed by atoms with Gasteiger partial charge in [-0.3, -0.25) is 14.4 Å². The Morgan fingerprint density at radius 3 is 1.33 bits per heavy atom. The normalized spacial score (nSPS) is 18.6. The molecular formula is C67H108O12. The van der Waals surface area contributed by atoms with Crippen LogP contribution < -0.4 is 0 Å². The fraction of sp³-hybridized carbons (Fsp3) is 0.672. The van der Waals surface area contributed by atoms with Crippen LogP contribution in [0.3, 0.4) is 0 Å². The van der Waals surface area contributed by atoms with Gasteiger partial charge in [0.05, 0.1) is 6.61 Å². The third-order valence-corrected chi connectivity index (χ3v) is 13.3. The summed E-state index contributed by atoms with van der Waals surface area (Å²) in [7, 11) is 0. The fourth-order valence-corrected chi connectivity index (χ4v) is 8.60. The molecule has 1 aliphatic heterocycles. The van der Waals surface area contributed by atoms with E-state index in [1.165, 1.54) is 57.8 Å². The maximum absolute atomic E-state index is 13.2. The smallest absolute Gasteiger partial charge is 0.335 e. The van der Waals surface area contributed by atoms with E-state index < -0.39 is 67.3 Å². The van der Waals surface area contributed by atoms with Crippen LogP contribution >= 0.6 is 0 Å². The summed E-state index contributed by atoms with van der Waals surface area (Å²) in [5.41, 5.74) is 0. The number of allylic oxidation sites excluding steroid dienone is 18. The van der Waals surface area contributed by atoms with Crippen molar-refractivity contribution in [2.45, 2.75) is 276 Å². The topological polar surface area (TPSA) is 175 Å². The molecule has 1 saturated heterocycles. The van der Waals surface area contributed by atoms with E-state index in [1.54, 1.807) is 0 Å². The molecule has 6 atom stereocenters. The van der Waals surface area contributed by atoms with Crippen molar-refractivity contribution in [1.29, 1.82) is 0 Å². The summed E-state index contributed by atoms with van der Waals surface area (Å²) in [4.78, 5) is 51.2. The van der Waals surface area contributed by atoms with Gasteiger partial charge in [-0.2, -0.15) is 0 Å². The second-order valence-corrected chi connectivity index (χ2v) is 20.6. The van der Waals surface area contributed by atoms with Crippen LogP contribution in [0.15, 0.2) is 109 Å². The van der Waals surface area contributed by atoms with Crippen LogP contribution in [0.1, 0.15) is 239 Å². The van der Waals surface area contributed by atoms with Crippen LogP contribution in [-0.4, -0.2) is 89.2 Å². The number of aliphatic carboxylic acids is 1. The van der Waals surface area contributed by atoms with Crippen molar-refractivity contribution >= 4 is 23.9 Å². The number of carboxylic acids is 1. The van der Waals surface area contributed by atoms with E-state index in [2.05, 4.69) is 118 Å². The molecule has 3 N–H and O–H groups in total. The van der Waals surface area contributed by atoms with Crippen molar-refractivity contribution in [3.05, 3.63) is 109 Å². The number of esters is 3. The lowest BCUT2D eigenvalue weighted by atomic mass is 9.98. The van der Waals surface area contributed by atoms with E-state index in [0.717, 1.165) is 122 Å². The fourth-order valence-electron chi connectivity index (χ4n) is 8.60. The Morgan fingerprint density at radius 2 is 0.848 bits per heavy atom. The van der Waals surface area contributed by atoms with Crippen molar-refractivity contribution in [2.75, 3.05) is 13.2 Å². The summed E-state index contributed by atoms with van der Waals surface area (Å²) >= 11 is 0. The highest BCUT2D eigenvalue weighted by molar-refractivity contribution is 5.74. The Balaban J connectivity index is 2.74. The van der Waals surface area contributed by atoms with Gasteiger partial charge in [-0.15, -0.1) is 0 Å². The molecule has 0 bridgehead atoms. The summed E-state index contributed by atoms with van der Waals surface area (Å²) in [5, 5.41) is 31.5. The van der Waals surface area contributed by atoms with Gasteiger partial charge in [0.15, 0.2) is 24.6 Å². The van der Waals surface area contributed by atoms with Crippen LogP contribution in [-0.2, 0) is 42.9 Å². The maximum atomic E-state index is 13.2. The van der Waals surface area contributed by atoms with Crippen LogP contribution in [0.2, 0.25) is 0 Å². The maximum Gasteiger partial charge on any atom is 0.335 e. The number of ether oxygens (including phenoxy) is 5. The first kappa shape index (κ1) is 72.4. The molecule has 0 saturated carbocycles. The molecule has 79 heavy (non-hydrogen) atoms. The molecule has 0 aromatic heterocycles. The minimum atomic E-state index is -1.92. The molecule has 0 aliphatic carbocycles. The number of unbranched alkanes of at least 4 members (excludes halogenated alkanes) is 19. The summed E-state index contributed by atoms with van der Waals surface area (Å²) in [5.74, 6) is -3.26. The zero-order chi connectivity index (χ0) is 57.5. The average Bonchev–Trinajstić information content (AvgIpc) is 3.44. The molecule has 1 heterocycles. The number of hydrogen-bond donors (Lipinski definition) is 3. The number of hydrogen-bond acceptors (Lipinski definition) is 11. The van der Waals surface area contributed by atoms with E-state index in [0.29, 0.717) is 19.3 Å². The van der Waals surface area contributed by atoms with E-state index >= 15 is 0 Å². The average molecular weight is 1110 g/mol. The monoisotopic (exact) mass is 1100 g/mol. The van der Waals surface area contributed by atoms with Gasteiger partial charge in [0.2, 0.25) is 0 Å². The molecule has 1 rings (SSSR count). The van der Waals surface area contributed by atoms with Crippen molar-refractivity contribution < 1.29 is 58.2 Å². The standard InChI is InChI=1S/C67H108O12/c1-4-7-10-13-16-19-22-25-27-29-30-32-33-36-38-41-44-47-50-53-59(68)75-56-58(77-60(69)54-51-48-45-42-40-37-34-31-28-26-23-20-17-14-11-8-5-2)57-76-67-65(63(72)62(71)64(79-67)66(73)74)78-61(70)55-52-49-46-43-39-35-24-21-18-15-12-9-6-3/h7,10,12,15-16,19,21,24-28,30,32,36,38,44,47,58,62-65,67,71-72H,4-6,8-9,11,13-14,17-18,20,22-23,29,31,33-35,37,39-43,45-46,48-57H2,1-3H3,(H,73,74)/b10-7-,15-12-,19-16-,24-21-,27-25-,28-26-,32-30-,38-36-,47-44-. The summed E-state index contributed by atoms with van der Waals surface area (Å²) in [6.07, 6.45) is 60.7. The quantitative estimate of drug-likeness (QED) is 0.0228. The Morgan fingerprint density at radius 1 is 0.430 bits per heavy atom. The lowest BCUT2D eigenvalue weighted by molar-refractivity contribution is -0.301. The van der Waals surface area contributed by atoms with Gasteiger partial charge < -0.3 is 39.0 Å². The van der Waals surface area contributed by atoms with E-state index in [9.17, 15) is 34.5 Å². The largest absolute Gasteiger partial charge is 0.479 e. The molecule has 0 aromatic carbocycles. The minimum absolute atomic E-state index is 0.0319. The molecule has 6 unspecified atom stereocenters. The van der Waals surface area contributed by atoms with Gasteiger partial charge in [0, 0.05) is 19.3 Å². The van der Waals surface area contributed by atoms with Crippen LogP contribution in [0, 0.1) is 0 Å². The first-order valence-electron chi connectivity index (χ1n) is 30.9. The molecule has 0 spiro atoms. The Labute approximate surface area is 478 Å². The third kappa shape index (κ3) is 43.8. The van der Waals surface area contributed by atoms with Crippen LogP contribution in [0.25, 0.3) is 0 Å². The lowest BCUT2D eigenvalue weighted by Crippen LogP contribution is -2.61. The molecule has 448 valence electrons. The minimum Gasteiger partial charge on any atom is -0.479 e. The lowest BCUT2D eigenvalue weighted by Gasteiger charge is -2.40. The van der Waals surface area contributed by atoms with Crippen molar-refractivity contribution in [2.24, 2.45) is 0 Å². The van der Waals surface area contributed by atoms with Gasteiger partial charge in [-0.25, -0.2) is 4.79 Å². The number of aliphatic hydroxyl groups excluding tert-OH is 2. The summed E-state index contributed by atoms with van der Waals surface area (Å²) < 4.78 is 28.4. The van der Waals surface area contributed by atoms with Crippen molar-refractivity contribution in [3.8, 4) is 0 Å². The second-order valence-electron chi connectivity index (χ2n) is 20.6. The van der Waals surface area contributed by atoms with E-state index in [1.807, 2.05) is 12.2 Å². The highest BCUT2D eigenvalue weighted by atomic mass is 16.7. The van der Waals surface area contributed by atoms with Crippen LogP contribution in [0.4, 0.5) is 0 Å². The molecule has 0 aromatic rings. The molecule has 12 nitrogen and oxygen atoms in total. The molecule has 1 aliphatic rings. The predicted molar refractivity (Wildman–Crippen MR) is 321 cm³/mol. The number of carboxylic acid groups (broad SMARTS) is 1. The first-order chi connectivity index (χ1) is 38.6. The van der Waals surface area contributed by atoms with Gasteiger partial charge in [-0.1, -0.05) is 220 Å². The van der Waals surface area contributed by atoms with Crippen molar-refractivity contribution in [1.82, 2.24) is 0 Å². The highest BCUT2D eigenvalue weighted by Crippen LogP contribution is 2.26. The van der Waals surface area contributed by atoms with Gasteiger partial charge in [-0.05, 0) is 109 Å². The SMILES string of the molecule is CC/C=C\C/C=C\C/C=C\C/C=C\C/C=C\C/C=C\CCC(=O)OCC(COC1OC(C(=O)O)C(O)C(O)C1OC(=O)CCCCCCC/C=C\C/C=C\CCC)OC(=O)CCCCCCCCC/C=C\CCCCCCCC. The number of carbonyl (C=O) groups is 4. The van der Waals surface area contributed by atoms with E-state index in [4.69, 9.17) is 23.7 Å². The van der Waals surface area contributed by atoms with Gasteiger partial charge in [0.25, 0.3) is 0 Å². The predicted octanol–water partition coefficient (Wildman–Crippen LogP) is 16.2. The van der Waals surface area contributed by atoms with Gasteiger partial charge in [0.1, 0.15) is 18.8 Å². The molecule has 1 fully saturated rings. The number of rotatable bonds is 51. The van der Waals surface area contributed by atoms with E-state index in [-0.39, 0.29) is 25.9 Å². The van der Waals surface area contributed by atoms with Gasteiger partial charge >= 0.3 is 23.9 Å². The van der Waals surface area contributed by atoms with Crippen molar-refractivity contribution in [3.63, 3.8) is 0 Å². The van der Waals surface area contributed by atoms with Crippen LogP contribution in [0.5, 0.6) is 0 Å².